The molecule has 0 aliphatic rings. The molecule has 0 unspecified atom stereocenters. The number of hydrogen-bond donors (Lipinski definition) is 1. The van der Waals surface area contributed by atoms with Crippen LogP contribution in [-0.2, 0) is 12.8 Å². The minimum Gasteiger partial charge on any atom is -0.489 e. The Morgan fingerprint density at radius 2 is 1.67 bits per heavy atom. The zero-order chi connectivity index (χ0) is 15.5. The molecule has 2 aromatic carbocycles. The number of nitrogens with two attached hydrogens (primary N) is 1. The molecule has 0 aromatic heterocycles. The molecule has 0 fully saturated rings. The number of rotatable bonds is 4. The second-order valence-electron chi connectivity index (χ2n) is 4.81. The Kier molecular flexibility index (Phi) is 4.53. The normalized spacial score (nSPS) is 13.0. The van der Waals surface area contributed by atoms with Gasteiger partial charge >= 0.3 is 6.18 Å². The number of benzene rings is 2. The van der Waals surface area contributed by atoms with Crippen LogP contribution in [0.3, 0.4) is 0 Å². The summed E-state index contributed by atoms with van der Waals surface area (Å²) in [6.45, 7) is 2.04. The third-order valence-corrected chi connectivity index (χ3v) is 3.09. The van der Waals surface area contributed by atoms with Crippen LogP contribution in [0.1, 0.15) is 29.7 Å². The van der Waals surface area contributed by atoms with Crippen molar-refractivity contribution in [3.05, 3.63) is 65.2 Å². The molecular formula is C16H16F3NO. The fourth-order valence-corrected chi connectivity index (χ4v) is 1.94. The van der Waals surface area contributed by atoms with Crippen LogP contribution in [-0.4, -0.2) is 0 Å². The highest BCUT2D eigenvalue weighted by Gasteiger charge is 2.29. The van der Waals surface area contributed by atoms with Gasteiger partial charge in [-0.05, 0) is 30.7 Å². The topological polar surface area (TPSA) is 35.2 Å². The van der Waals surface area contributed by atoms with Crippen molar-refractivity contribution >= 4 is 0 Å². The van der Waals surface area contributed by atoms with Gasteiger partial charge in [-0.25, -0.2) is 0 Å². The van der Waals surface area contributed by atoms with Crippen molar-refractivity contribution in [3.63, 3.8) is 0 Å². The van der Waals surface area contributed by atoms with Gasteiger partial charge < -0.3 is 10.5 Å². The van der Waals surface area contributed by atoms with E-state index in [-0.39, 0.29) is 12.6 Å². The molecule has 2 nitrogen and oxygen atoms in total. The van der Waals surface area contributed by atoms with Crippen molar-refractivity contribution in [1.29, 1.82) is 0 Å². The van der Waals surface area contributed by atoms with Gasteiger partial charge in [0.25, 0.3) is 0 Å². The molecule has 2 aromatic rings. The molecule has 0 aliphatic heterocycles. The van der Waals surface area contributed by atoms with Crippen molar-refractivity contribution in [1.82, 2.24) is 0 Å². The standard InChI is InChI=1S/C16H16F3NO/c1-11(20)14-4-2-3-5-15(14)21-10-12-6-8-13(9-7-12)16(17,18)19/h2-9,11H,10,20H2,1H3/t11-/m1/s1. The Morgan fingerprint density at radius 3 is 2.24 bits per heavy atom. The number of hydrogen-bond acceptors (Lipinski definition) is 2. The molecule has 1 atom stereocenters. The Labute approximate surface area is 121 Å². The Bertz CT molecular complexity index is 591. The summed E-state index contributed by atoms with van der Waals surface area (Å²) in [7, 11) is 0. The highest BCUT2D eigenvalue weighted by Crippen LogP contribution is 2.29. The van der Waals surface area contributed by atoms with Crippen LogP contribution >= 0.6 is 0 Å². The summed E-state index contributed by atoms with van der Waals surface area (Å²) < 4.78 is 43.0. The summed E-state index contributed by atoms with van der Waals surface area (Å²) in [5.74, 6) is 0.646. The highest BCUT2D eigenvalue weighted by atomic mass is 19.4. The molecule has 0 saturated heterocycles. The molecule has 21 heavy (non-hydrogen) atoms. The van der Waals surface area contributed by atoms with E-state index in [1.54, 1.807) is 6.07 Å². The predicted molar refractivity (Wildman–Crippen MR) is 74.8 cm³/mol. The van der Waals surface area contributed by atoms with Crippen molar-refractivity contribution in [2.24, 2.45) is 5.73 Å². The van der Waals surface area contributed by atoms with E-state index in [4.69, 9.17) is 10.5 Å². The molecule has 2 rings (SSSR count). The maximum absolute atomic E-state index is 12.5. The van der Waals surface area contributed by atoms with Crippen LogP contribution in [0.4, 0.5) is 13.2 Å². The van der Waals surface area contributed by atoms with E-state index in [0.717, 1.165) is 17.7 Å². The van der Waals surface area contributed by atoms with E-state index in [1.807, 2.05) is 25.1 Å². The van der Waals surface area contributed by atoms with Crippen LogP contribution in [0.25, 0.3) is 0 Å². The second-order valence-corrected chi connectivity index (χ2v) is 4.81. The zero-order valence-electron chi connectivity index (χ0n) is 11.5. The van der Waals surface area contributed by atoms with E-state index in [0.29, 0.717) is 11.3 Å². The summed E-state index contributed by atoms with van der Waals surface area (Å²) in [6.07, 6.45) is -4.32. The molecule has 0 saturated carbocycles. The molecule has 0 heterocycles. The number of halogens is 3. The zero-order valence-corrected chi connectivity index (χ0v) is 11.5. The van der Waals surface area contributed by atoms with E-state index in [9.17, 15) is 13.2 Å². The molecule has 112 valence electrons. The largest absolute Gasteiger partial charge is 0.489 e. The lowest BCUT2D eigenvalue weighted by atomic mass is 10.1. The fourth-order valence-electron chi connectivity index (χ4n) is 1.94. The molecule has 0 radical (unpaired) electrons. The molecule has 0 aliphatic carbocycles. The maximum Gasteiger partial charge on any atom is 0.416 e. The molecule has 5 heteroatoms. The average molecular weight is 295 g/mol. The second kappa shape index (κ2) is 6.18. The Morgan fingerprint density at radius 1 is 1.05 bits per heavy atom. The molecule has 0 bridgehead atoms. The van der Waals surface area contributed by atoms with Gasteiger partial charge in [-0.3, -0.25) is 0 Å². The average Bonchev–Trinajstić information content (AvgIpc) is 2.45. The maximum atomic E-state index is 12.5. The van der Waals surface area contributed by atoms with Gasteiger partial charge in [0.15, 0.2) is 0 Å². The fraction of sp³-hybridized carbons (Fsp3) is 0.250. The molecule has 2 N–H and O–H groups in total. The first kappa shape index (κ1) is 15.4. The predicted octanol–water partition coefficient (Wildman–Crippen LogP) is 4.30. The first-order valence-corrected chi connectivity index (χ1v) is 6.51. The Balaban J connectivity index is 2.07. The van der Waals surface area contributed by atoms with Gasteiger partial charge in [-0.2, -0.15) is 13.2 Å². The van der Waals surface area contributed by atoms with E-state index < -0.39 is 11.7 Å². The van der Waals surface area contributed by atoms with Crippen molar-refractivity contribution in [2.45, 2.75) is 25.7 Å². The molecule has 0 spiro atoms. The van der Waals surface area contributed by atoms with Crippen molar-refractivity contribution < 1.29 is 17.9 Å². The summed E-state index contributed by atoms with van der Waals surface area (Å²) in [4.78, 5) is 0. The lowest BCUT2D eigenvalue weighted by Gasteiger charge is -2.14. The Hall–Kier alpha value is -2.01. The van der Waals surface area contributed by atoms with Gasteiger partial charge in [0, 0.05) is 11.6 Å². The quantitative estimate of drug-likeness (QED) is 0.912. The number of ether oxygens (including phenoxy) is 1. The highest BCUT2D eigenvalue weighted by molar-refractivity contribution is 5.35. The first-order valence-electron chi connectivity index (χ1n) is 6.51. The minimum absolute atomic E-state index is 0.172. The van der Waals surface area contributed by atoms with E-state index >= 15 is 0 Å². The lowest BCUT2D eigenvalue weighted by Crippen LogP contribution is -2.08. The summed E-state index contributed by atoms with van der Waals surface area (Å²) in [5, 5.41) is 0. The van der Waals surface area contributed by atoms with Gasteiger partial charge in [0.05, 0.1) is 5.56 Å². The van der Waals surface area contributed by atoms with Crippen LogP contribution in [0.5, 0.6) is 5.75 Å². The first-order chi connectivity index (χ1) is 9.88. The SMILES string of the molecule is C[C@@H](N)c1ccccc1OCc1ccc(C(F)(F)F)cc1. The molecule has 0 amide bonds. The van der Waals surface area contributed by atoms with Crippen LogP contribution in [0.15, 0.2) is 48.5 Å². The smallest absolute Gasteiger partial charge is 0.416 e. The third kappa shape index (κ3) is 3.98. The minimum atomic E-state index is -4.32. The summed E-state index contributed by atoms with van der Waals surface area (Å²) in [5.41, 5.74) is 6.72. The van der Waals surface area contributed by atoms with Gasteiger partial charge in [0.2, 0.25) is 0 Å². The van der Waals surface area contributed by atoms with Crippen molar-refractivity contribution in [2.75, 3.05) is 0 Å². The van der Waals surface area contributed by atoms with Gasteiger partial charge in [-0.1, -0.05) is 30.3 Å². The van der Waals surface area contributed by atoms with E-state index in [2.05, 4.69) is 0 Å². The lowest BCUT2D eigenvalue weighted by molar-refractivity contribution is -0.137. The third-order valence-electron chi connectivity index (χ3n) is 3.09. The monoisotopic (exact) mass is 295 g/mol. The van der Waals surface area contributed by atoms with Crippen LogP contribution < -0.4 is 10.5 Å². The van der Waals surface area contributed by atoms with Gasteiger partial charge in [0.1, 0.15) is 12.4 Å². The number of para-hydroxylation sites is 1. The number of alkyl halides is 3. The summed E-state index contributed by atoms with van der Waals surface area (Å²) in [6, 6.07) is 12.1. The summed E-state index contributed by atoms with van der Waals surface area (Å²) >= 11 is 0. The van der Waals surface area contributed by atoms with Crippen LogP contribution in [0, 0.1) is 0 Å². The van der Waals surface area contributed by atoms with Crippen molar-refractivity contribution in [3.8, 4) is 5.75 Å². The van der Waals surface area contributed by atoms with E-state index in [1.165, 1.54) is 12.1 Å². The molecular weight excluding hydrogens is 279 g/mol. The van der Waals surface area contributed by atoms with Gasteiger partial charge in [-0.15, -0.1) is 0 Å². The van der Waals surface area contributed by atoms with Crippen LogP contribution in [0.2, 0.25) is 0 Å².